The van der Waals surface area contributed by atoms with Gasteiger partial charge in [-0.15, -0.1) is 0 Å². The van der Waals surface area contributed by atoms with Crippen molar-refractivity contribution in [2.75, 3.05) is 0 Å². The van der Waals surface area contributed by atoms with Crippen LogP contribution < -0.4 is 4.74 Å². The summed E-state index contributed by atoms with van der Waals surface area (Å²) in [5.74, 6) is 0.0166. The number of hydrogen-bond acceptors (Lipinski definition) is 3. The highest BCUT2D eigenvalue weighted by Gasteiger charge is 2.09. The molecule has 96 valence electrons. The van der Waals surface area contributed by atoms with Crippen LogP contribution in [0.15, 0.2) is 42.5 Å². The number of carbonyl (C=O) groups excluding carboxylic acids is 2. The molecule has 3 nitrogen and oxygen atoms in total. The molecule has 0 amide bonds. The lowest BCUT2D eigenvalue weighted by Crippen LogP contribution is -2.08. The van der Waals surface area contributed by atoms with Gasteiger partial charge in [0.05, 0.1) is 5.56 Å². The third kappa shape index (κ3) is 3.41. The van der Waals surface area contributed by atoms with Crippen molar-refractivity contribution in [1.82, 2.24) is 0 Å². The van der Waals surface area contributed by atoms with Crippen LogP contribution >= 0.6 is 22.6 Å². The normalized spacial score (nSPS) is 10.0. The van der Waals surface area contributed by atoms with Gasteiger partial charge in [-0.3, -0.25) is 4.79 Å². The molecule has 0 fully saturated rings. The van der Waals surface area contributed by atoms with Crippen molar-refractivity contribution in [3.05, 3.63) is 62.7 Å². The molecule has 0 atom stereocenters. The average Bonchev–Trinajstić information content (AvgIpc) is 2.42. The molecule has 0 saturated heterocycles. The first-order valence-corrected chi connectivity index (χ1v) is 6.71. The molecule has 0 aliphatic carbocycles. The Hall–Kier alpha value is -1.69. The predicted octanol–water partition coefficient (Wildman–Crippen LogP) is 3.63. The number of aldehydes is 1. The molecule has 19 heavy (non-hydrogen) atoms. The summed E-state index contributed by atoms with van der Waals surface area (Å²) in [5.41, 5.74) is 2.17. The topological polar surface area (TPSA) is 43.4 Å². The van der Waals surface area contributed by atoms with Crippen molar-refractivity contribution in [3.8, 4) is 5.75 Å². The van der Waals surface area contributed by atoms with Gasteiger partial charge in [-0.1, -0.05) is 6.07 Å². The number of aryl methyl sites for hydroxylation is 1. The van der Waals surface area contributed by atoms with E-state index in [1.807, 2.05) is 13.0 Å². The molecule has 2 aromatic carbocycles. The van der Waals surface area contributed by atoms with Crippen molar-refractivity contribution < 1.29 is 14.3 Å². The smallest absolute Gasteiger partial charge is 0.343 e. The second kappa shape index (κ2) is 5.97. The average molecular weight is 366 g/mol. The summed E-state index contributed by atoms with van der Waals surface area (Å²) in [6, 6.07) is 11.8. The zero-order valence-corrected chi connectivity index (χ0v) is 12.4. The summed E-state index contributed by atoms with van der Waals surface area (Å²) >= 11 is 2.18. The van der Waals surface area contributed by atoms with Gasteiger partial charge in [0.1, 0.15) is 12.0 Å². The van der Waals surface area contributed by atoms with E-state index in [9.17, 15) is 9.59 Å². The lowest BCUT2D eigenvalue weighted by Gasteiger charge is -2.06. The molecule has 0 spiro atoms. The minimum absolute atomic E-state index is 0.406. The highest BCUT2D eigenvalue weighted by molar-refractivity contribution is 14.1. The van der Waals surface area contributed by atoms with Gasteiger partial charge in [0.15, 0.2) is 0 Å². The van der Waals surface area contributed by atoms with Crippen molar-refractivity contribution in [1.29, 1.82) is 0 Å². The standard InChI is InChI=1S/C15H11IO3/c1-10-2-5-12(8-14(10)16)15(18)19-13-6-3-11(9-17)4-7-13/h2-9H,1H3. The summed E-state index contributed by atoms with van der Waals surface area (Å²) in [6.45, 7) is 1.98. The van der Waals surface area contributed by atoms with E-state index in [1.165, 1.54) is 0 Å². The molecule has 4 heteroatoms. The number of rotatable bonds is 3. The van der Waals surface area contributed by atoms with Crippen LogP contribution in [0.5, 0.6) is 5.75 Å². The molecule has 0 aromatic heterocycles. The van der Waals surface area contributed by atoms with Crippen molar-refractivity contribution in [2.24, 2.45) is 0 Å². The van der Waals surface area contributed by atoms with Crippen LogP contribution in [0.2, 0.25) is 0 Å². The van der Waals surface area contributed by atoms with Crippen LogP contribution in [-0.4, -0.2) is 12.3 Å². The van der Waals surface area contributed by atoms with Crippen molar-refractivity contribution in [2.45, 2.75) is 6.92 Å². The first kappa shape index (κ1) is 13.7. The second-order valence-electron chi connectivity index (χ2n) is 4.04. The van der Waals surface area contributed by atoms with E-state index in [0.29, 0.717) is 16.9 Å². The van der Waals surface area contributed by atoms with Gasteiger partial charge in [-0.05, 0) is 71.5 Å². The van der Waals surface area contributed by atoms with Crippen LogP contribution in [0.4, 0.5) is 0 Å². The van der Waals surface area contributed by atoms with Crippen LogP contribution in [0.25, 0.3) is 0 Å². The molecule has 0 radical (unpaired) electrons. The SMILES string of the molecule is Cc1ccc(C(=O)Oc2ccc(C=O)cc2)cc1I. The molecule has 0 saturated carbocycles. The Morgan fingerprint density at radius 3 is 2.42 bits per heavy atom. The number of esters is 1. The molecule has 0 unspecified atom stereocenters. The maximum Gasteiger partial charge on any atom is 0.343 e. The van der Waals surface area contributed by atoms with Crippen LogP contribution in [0.3, 0.4) is 0 Å². The van der Waals surface area contributed by atoms with E-state index in [2.05, 4.69) is 22.6 Å². The van der Waals surface area contributed by atoms with E-state index in [0.717, 1.165) is 15.4 Å². The Morgan fingerprint density at radius 2 is 1.84 bits per heavy atom. The fraction of sp³-hybridized carbons (Fsp3) is 0.0667. The summed E-state index contributed by atoms with van der Waals surface area (Å²) in [6.07, 6.45) is 0.744. The Morgan fingerprint density at radius 1 is 1.16 bits per heavy atom. The second-order valence-corrected chi connectivity index (χ2v) is 5.20. The van der Waals surface area contributed by atoms with Gasteiger partial charge >= 0.3 is 5.97 Å². The van der Waals surface area contributed by atoms with Gasteiger partial charge in [0.25, 0.3) is 0 Å². The molecule has 0 bridgehead atoms. The number of benzene rings is 2. The van der Waals surface area contributed by atoms with Crippen LogP contribution in [-0.2, 0) is 0 Å². The number of carbonyl (C=O) groups is 2. The Bertz CT molecular complexity index is 618. The lowest BCUT2D eigenvalue weighted by atomic mass is 10.1. The van der Waals surface area contributed by atoms with Crippen LogP contribution in [0, 0.1) is 10.5 Å². The minimum Gasteiger partial charge on any atom is -0.423 e. The van der Waals surface area contributed by atoms with E-state index in [-0.39, 0.29) is 0 Å². The summed E-state index contributed by atoms with van der Waals surface area (Å²) in [5, 5.41) is 0. The van der Waals surface area contributed by atoms with Gasteiger partial charge in [-0.2, -0.15) is 0 Å². The highest BCUT2D eigenvalue weighted by Crippen LogP contribution is 2.17. The Kier molecular flexibility index (Phi) is 4.31. The van der Waals surface area contributed by atoms with Gasteiger partial charge in [0.2, 0.25) is 0 Å². The summed E-state index contributed by atoms with van der Waals surface area (Å²) in [7, 11) is 0. The van der Waals surface area contributed by atoms with E-state index in [4.69, 9.17) is 4.74 Å². The maximum absolute atomic E-state index is 11.9. The molecule has 0 heterocycles. The zero-order valence-electron chi connectivity index (χ0n) is 10.2. The quantitative estimate of drug-likeness (QED) is 0.361. The fourth-order valence-corrected chi connectivity index (χ4v) is 2.02. The number of ether oxygens (including phenoxy) is 1. The number of hydrogen-bond donors (Lipinski definition) is 0. The summed E-state index contributed by atoms with van der Waals surface area (Å²) in [4.78, 5) is 22.5. The van der Waals surface area contributed by atoms with E-state index < -0.39 is 5.97 Å². The maximum atomic E-state index is 11.9. The van der Waals surface area contributed by atoms with Crippen molar-refractivity contribution in [3.63, 3.8) is 0 Å². The van der Waals surface area contributed by atoms with Crippen molar-refractivity contribution >= 4 is 34.8 Å². The monoisotopic (exact) mass is 366 g/mol. The van der Waals surface area contributed by atoms with E-state index >= 15 is 0 Å². The largest absolute Gasteiger partial charge is 0.423 e. The highest BCUT2D eigenvalue weighted by atomic mass is 127. The molecule has 2 rings (SSSR count). The molecular formula is C15H11IO3. The van der Waals surface area contributed by atoms with Gasteiger partial charge in [-0.25, -0.2) is 4.79 Å². The first-order valence-electron chi connectivity index (χ1n) is 5.64. The zero-order chi connectivity index (χ0) is 13.8. The third-order valence-electron chi connectivity index (χ3n) is 2.63. The summed E-state index contributed by atoms with van der Waals surface area (Å²) < 4.78 is 6.25. The number of halogens is 1. The lowest BCUT2D eigenvalue weighted by molar-refractivity contribution is 0.0734. The molecule has 0 N–H and O–H groups in total. The van der Waals surface area contributed by atoms with Gasteiger partial charge in [0, 0.05) is 9.13 Å². The minimum atomic E-state index is -0.406. The van der Waals surface area contributed by atoms with Gasteiger partial charge < -0.3 is 4.74 Å². The van der Waals surface area contributed by atoms with Crippen LogP contribution in [0.1, 0.15) is 26.3 Å². The molecular weight excluding hydrogens is 355 g/mol. The third-order valence-corrected chi connectivity index (χ3v) is 3.80. The molecule has 2 aromatic rings. The molecule has 0 aliphatic heterocycles. The Balaban J connectivity index is 2.15. The fourth-order valence-electron chi connectivity index (χ4n) is 1.50. The van der Waals surface area contributed by atoms with E-state index in [1.54, 1.807) is 36.4 Å². The predicted molar refractivity (Wildman–Crippen MR) is 80.7 cm³/mol. The Labute approximate surface area is 124 Å². The molecule has 0 aliphatic rings. The first-order chi connectivity index (χ1) is 9.10.